The van der Waals surface area contributed by atoms with Crippen LogP contribution in [0.5, 0.6) is 0 Å². The van der Waals surface area contributed by atoms with Crippen LogP contribution in [0, 0.1) is 6.92 Å². The molecule has 0 unspecified atom stereocenters. The summed E-state index contributed by atoms with van der Waals surface area (Å²) in [6.07, 6.45) is 0.949. The average Bonchev–Trinajstić information content (AvgIpc) is 3.02. The summed E-state index contributed by atoms with van der Waals surface area (Å²) < 4.78 is 30.0. The minimum atomic E-state index is -4.18. The molecule has 0 aliphatic heterocycles. The second-order valence-corrected chi connectivity index (χ2v) is 14.2. The van der Waals surface area contributed by atoms with Crippen molar-refractivity contribution >= 4 is 55.1 Å². The fourth-order valence-corrected chi connectivity index (χ4v) is 6.70. The van der Waals surface area contributed by atoms with Gasteiger partial charge < -0.3 is 10.2 Å². The van der Waals surface area contributed by atoms with E-state index < -0.39 is 28.5 Å². The van der Waals surface area contributed by atoms with Crippen molar-refractivity contribution in [3.05, 3.63) is 129 Å². The van der Waals surface area contributed by atoms with Crippen molar-refractivity contribution in [2.75, 3.05) is 10.8 Å². The smallest absolute Gasteiger partial charge is 0.264 e. The topological polar surface area (TPSA) is 86.8 Å². The Labute approximate surface area is 279 Å². The van der Waals surface area contributed by atoms with Crippen LogP contribution in [0.15, 0.2) is 112 Å². The molecule has 0 aliphatic carbocycles. The maximum atomic E-state index is 14.5. The van der Waals surface area contributed by atoms with Crippen LogP contribution in [0.3, 0.4) is 0 Å². The molecule has 0 aliphatic rings. The lowest BCUT2D eigenvalue weighted by Crippen LogP contribution is -2.54. The average molecular weight is 711 g/mol. The van der Waals surface area contributed by atoms with E-state index in [1.165, 1.54) is 17.0 Å². The predicted octanol–water partition coefficient (Wildman–Crippen LogP) is 7.16. The first-order chi connectivity index (χ1) is 21.5. The van der Waals surface area contributed by atoms with Crippen molar-refractivity contribution in [3.63, 3.8) is 0 Å². The van der Waals surface area contributed by atoms with Crippen molar-refractivity contribution in [1.29, 1.82) is 0 Å². The number of benzene rings is 4. The molecule has 4 aromatic carbocycles. The molecule has 0 radical (unpaired) electrons. The van der Waals surface area contributed by atoms with Gasteiger partial charge in [-0.1, -0.05) is 101 Å². The van der Waals surface area contributed by atoms with Gasteiger partial charge in [0.2, 0.25) is 11.8 Å². The molecule has 0 saturated heterocycles. The Hall–Kier alpha value is -3.66. The van der Waals surface area contributed by atoms with Gasteiger partial charge in [0, 0.05) is 28.5 Å². The van der Waals surface area contributed by atoms with Crippen LogP contribution >= 0.6 is 27.5 Å². The molecule has 4 aromatic rings. The van der Waals surface area contributed by atoms with Gasteiger partial charge in [-0.15, -0.1) is 0 Å². The number of carbonyl (C=O) groups is 2. The molecule has 7 nitrogen and oxygen atoms in total. The summed E-state index contributed by atoms with van der Waals surface area (Å²) in [5, 5.41) is 3.58. The van der Waals surface area contributed by atoms with Gasteiger partial charge in [-0.25, -0.2) is 8.42 Å². The molecule has 0 bridgehead atoms. The maximum Gasteiger partial charge on any atom is 0.264 e. The molecule has 0 saturated carbocycles. The monoisotopic (exact) mass is 709 g/mol. The highest BCUT2D eigenvalue weighted by Gasteiger charge is 2.35. The zero-order valence-electron chi connectivity index (χ0n) is 25.5. The predicted molar refractivity (Wildman–Crippen MR) is 184 cm³/mol. The standard InChI is InChI=1S/C35H37BrClN3O4S/c1-4-26(3)38-35(42)33(21-27-9-6-5-7-10-27)39(23-28-15-17-30(37)18-16-28)34(41)24-40(31-12-8-11-29(36)22-31)45(43,44)32-19-13-25(2)14-20-32/h5-20,22,26,33H,4,21,23-24H2,1-3H3,(H,38,42)/t26-,33+/m0/s1. The highest BCUT2D eigenvalue weighted by atomic mass is 79.9. The molecule has 10 heteroatoms. The van der Waals surface area contributed by atoms with E-state index in [2.05, 4.69) is 21.2 Å². The van der Waals surface area contributed by atoms with E-state index in [0.717, 1.165) is 21.0 Å². The van der Waals surface area contributed by atoms with E-state index in [9.17, 15) is 18.0 Å². The Morgan fingerprint density at radius 2 is 1.56 bits per heavy atom. The number of rotatable bonds is 13. The van der Waals surface area contributed by atoms with Gasteiger partial charge in [-0.3, -0.25) is 13.9 Å². The van der Waals surface area contributed by atoms with E-state index >= 15 is 0 Å². The summed E-state index contributed by atoms with van der Waals surface area (Å²) in [5.41, 5.74) is 2.84. The molecule has 0 fully saturated rings. The molecule has 2 amide bonds. The quantitative estimate of drug-likeness (QED) is 0.160. The Morgan fingerprint density at radius 1 is 0.889 bits per heavy atom. The van der Waals surface area contributed by atoms with Crippen molar-refractivity contribution in [1.82, 2.24) is 10.2 Å². The normalized spacial score (nSPS) is 12.6. The van der Waals surface area contributed by atoms with Gasteiger partial charge in [0.05, 0.1) is 10.6 Å². The third kappa shape index (κ3) is 9.19. The van der Waals surface area contributed by atoms with Crippen molar-refractivity contribution in [3.8, 4) is 0 Å². The van der Waals surface area contributed by atoms with Crippen molar-refractivity contribution in [2.24, 2.45) is 0 Å². The maximum absolute atomic E-state index is 14.5. The van der Waals surface area contributed by atoms with Gasteiger partial charge in [-0.2, -0.15) is 0 Å². The number of carbonyl (C=O) groups excluding carboxylic acids is 2. The highest BCUT2D eigenvalue weighted by Crippen LogP contribution is 2.28. The third-order valence-corrected chi connectivity index (χ3v) is 10.1. The second-order valence-electron chi connectivity index (χ2n) is 11.0. The fourth-order valence-electron chi connectivity index (χ4n) is 4.78. The van der Waals surface area contributed by atoms with Gasteiger partial charge in [0.15, 0.2) is 0 Å². The number of anilines is 1. The lowest BCUT2D eigenvalue weighted by molar-refractivity contribution is -0.140. The SMILES string of the molecule is CC[C@H](C)NC(=O)[C@@H](Cc1ccccc1)N(Cc1ccc(Cl)cc1)C(=O)CN(c1cccc(Br)c1)S(=O)(=O)c1ccc(C)cc1. The Kier molecular flexibility index (Phi) is 11.8. The van der Waals surface area contributed by atoms with Crippen LogP contribution < -0.4 is 9.62 Å². The largest absolute Gasteiger partial charge is 0.352 e. The van der Waals surface area contributed by atoms with E-state index in [0.29, 0.717) is 21.6 Å². The number of amides is 2. The van der Waals surface area contributed by atoms with E-state index in [-0.39, 0.29) is 29.8 Å². The third-order valence-electron chi connectivity index (χ3n) is 7.52. The molecular weight excluding hydrogens is 674 g/mol. The highest BCUT2D eigenvalue weighted by molar-refractivity contribution is 9.10. The van der Waals surface area contributed by atoms with Crippen molar-refractivity contribution < 1.29 is 18.0 Å². The molecule has 4 rings (SSSR count). The fraction of sp³-hybridized carbons (Fsp3) is 0.257. The van der Waals surface area contributed by atoms with Crippen molar-refractivity contribution in [2.45, 2.75) is 57.1 Å². The number of nitrogens with zero attached hydrogens (tertiary/aromatic N) is 2. The van der Waals surface area contributed by atoms with Gasteiger partial charge >= 0.3 is 0 Å². The zero-order chi connectivity index (χ0) is 32.6. The first kappa shape index (κ1) is 34.2. The molecule has 2 atom stereocenters. The summed E-state index contributed by atoms with van der Waals surface area (Å²) >= 11 is 9.59. The molecule has 236 valence electrons. The lowest BCUT2D eigenvalue weighted by atomic mass is 10.0. The molecule has 45 heavy (non-hydrogen) atoms. The van der Waals surface area contributed by atoms with Crippen LogP contribution in [-0.4, -0.2) is 43.8 Å². The Bertz CT molecular complexity index is 1700. The van der Waals surface area contributed by atoms with Crippen LogP contribution in [-0.2, 0) is 32.6 Å². The minimum absolute atomic E-state index is 0.0560. The van der Waals surface area contributed by atoms with Crippen LogP contribution in [0.1, 0.15) is 37.0 Å². The number of halogens is 2. The van der Waals surface area contributed by atoms with Gasteiger partial charge in [0.25, 0.3) is 10.0 Å². The van der Waals surface area contributed by atoms with Gasteiger partial charge in [0.1, 0.15) is 12.6 Å². The summed E-state index contributed by atoms with van der Waals surface area (Å²) in [6.45, 7) is 5.30. The molecule has 0 heterocycles. The zero-order valence-corrected chi connectivity index (χ0v) is 28.6. The minimum Gasteiger partial charge on any atom is -0.352 e. The second kappa shape index (κ2) is 15.6. The van der Waals surface area contributed by atoms with E-state index in [4.69, 9.17) is 11.6 Å². The first-order valence-electron chi connectivity index (χ1n) is 14.7. The van der Waals surface area contributed by atoms with Gasteiger partial charge in [-0.05, 0) is 73.9 Å². The molecule has 0 spiro atoms. The molecule has 0 aromatic heterocycles. The van der Waals surface area contributed by atoms with E-state index in [1.807, 2.05) is 51.1 Å². The first-order valence-corrected chi connectivity index (χ1v) is 17.3. The van der Waals surface area contributed by atoms with E-state index in [1.54, 1.807) is 60.7 Å². The lowest BCUT2D eigenvalue weighted by Gasteiger charge is -2.34. The summed E-state index contributed by atoms with van der Waals surface area (Å²) in [7, 11) is -4.18. The molecule has 1 N–H and O–H groups in total. The number of aryl methyl sites for hydroxylation is 1. The van der Waals surface area contributed by atoms with Crippen LogP contribution in [0.25, 0.3) is 0 Å². The summed E-state index contributed by atoms with van der Waals surface area (Å²) in [6, 6.07) is 28.8. The number of hydrogen-bond donors (Lipinski definition) is 1. The number of nitrogens with one attached hydrogen (secondary N) is 1. The van der Waals surface area contributed by atoms with Crippen LogP contribution in [0.4, 0.5) is 5.69 Å². The molecular formula is C35H37BrClN3O4S. The summed E-state index contributed by atoms with van der Waals surface area (Å²) in [5.74, 6) is -0.841. The Balaban J connectivity index is 1.80. The summed E-state index contributed by atoms with van der Waals surface area (Å²) in [4.78, 5) is 29.9. The van der Waals surface area contributed by atoms with Crippen LogP contribution in [0.2, 0.25) is 5.02 Å². The number of sulfonamides is 1. The number of hydrogen-bond acceptors (Lipinski definition) is 4. The Morgan fingerprint density at radius 3 is 2.18 bits per heavy atom.